The van der Waals surface area contributed by atoms with Crippen LogP contribution in [0.25, 0.3) is 22.3 Å². The van der Waals surface area contributed by atoms with Crippen LogP contribution in [0.15, 0.2) is 46.2 Å². The molecule has 0 atom stereocenters. The van der Waals surface area contributed by atoms with E-state index in [2.05, 4.69) is 24.5 Å². The smallest absolute Gasteiger partial charge is 0.346 e. The number of benzene rings is 1. The zero-order chi connectivity index (χ0) is 22.4. The van der Waals surface area contributed by atoms with Gasteiger partial charge in [0.1, 0.15) is 0 Å². The summed E-state index contributed by atoms with van der Waals surface area (Å²) in [5, 5.41) is 8.01. The van der Waals surface area contributed by atoms with Crippen molar-refractivity contribution in [1.82, 2.24) is 29.2 Å². The third-order valence-corrected chi connectivity index (χ3v) is 5.97. The van der Waals surface area contributed by atoms with Crippen LogP contribution in [0, 0.1) is 6.92 Å². The minimum absolute atomic E-state index is 0.0634. The van der Waals surface area contributed by atoms with Crippen LogP contribution in [0.3, 0.4) is 0 Å². The van der Waals surface area contributed by atoms with Gasteiger partial charge in [-0.15, -0.1) is 0 Å². The van der Waals surface area contributed by atoms with Gasteiger partial charge in [0, 0.05) is 49.0 Å². The van der Waals surface area contributed by atoms with Gasteiger partial charge in [0.25, 0.3) is 10.0 Å². The van der Waals surface area contributed by atoms with Gasteiger partial charge in [-0.2, -0.15) is 23.3 Å². The highest BCUT2D eigenvalue weighted by Gasteiger charge is 2.38. The molecular formula is C18H17F3N6O3S. The zero-order valence-corrected chi connectivity index (χ0v) is 17.2. The van der Waals surface area contributed by atoms with Gasteiger partial charge in [0.05, 0.1) is 0 Å². The van der Waals surface area contributed by atoms with Crippen molar-refractivity contribution in [2.45, 2.75) is 24.7 Å². The summed E-state index contributed by atoms with van der Waals surface area (Å²) in [4.78, 5) is 3.41. The molecule has 0 aliphatic heterocycles. The minimum atomic E-state index is -4.71. The Morgan fingerprint density at radius 3 is 2.65 bits per heavy atom. The van der Waals surface area contributed by atoms with Crippen LogP contribution in [-0.4, -0.2) is 39.5 Å². The molecule has 0 amide bonds. The monoisotopic (exact) mass is 454 g/mol. The summed E-state index contributed by atoms with van der Waals surface area (Å²) >= 11 is 0. The Morgan fingerprint density at radius 1 is 1.23 bits per heavy atom. The van der Waals surface area contributed by atoms with Crippen molar-refractivity contribution in [3.05, 3.63) is 48.1 Å². The molecule has 0 spiro atoms. The van der Waals surface area contributed by atoms with Gasteiger partial charge >= 0.3 is 12.1 Å². The van der Waals surface area contributed by atoms with Gasteiger partial charge < -0.3 is 9.09 Å². The van der Waals surface area contributed by atoms with Crippen molar-refractivity contribution in [3.63, 3.8) is 0 Å². The largest absolute Gasteiger partial charge is 0.471 e. The van der Waals surface area contributed by atoms with Crippen LogP contribution in [0.2, 0.25) is 0 Å². The molecule has 3 heterocycles. The van der Waals surface area contributed by atoms with E-state index in [9.17, 15) is 21.6 Å². The number of nitrogens with one attached hydrogen (secondary N) is 1. The van der Waals surface area contributed by atoms with Crippen molar-refractivity contribution in [1.29, 1.82) is 0 Å². The highest BCUT2D eigenvalue weighted by molar-refractivity contribution is 7.89. The molecule has 164 valence electrons. The van der Waals surface area contributed by atoms with E-state index >= 15 is 0 Å². The van der Waals surface area contributed by atoms with E-state index in [1.54, 1.807) is 25.2 Å². The highest BCUT2D eigenvalue weighted by Crippen LogP contribution is 2.31. The molecule has 0 aliphatic carbocycles. The predicted molar refractivity (Wildman–Crippen MR) is 103 cm³/mol. The fourth-order valence-corrected chi connectivity index (χ4v) is 4.15. The maximum Gasteiger partial charge on any atom is 0.471 e. The van der Waals surface area contributed by atoms with Gasteiger partial charge in [-0.3, -0.25) is 4.68 Å². The maximum atomic E-state index is 12.7. The number of aromatic nitrogens is 5. The average Bonchev–Trinajstić information content (AvgIpc) is 3.41. The van der Waals surface area contributed by atoms with E-state index in [1.807, 2.05) is 17.7 Å². The Kier molecular flexibility index (Phi) is 5.09. The lowest BCUT2D eigenvalue weighted by Gasteiger charge is -2.07. The molecule has 0 saturated heterocycles. The summed E-state index contributed by atoms with van der Waals surface area (Å²) in [5.74, 6) is -1.57. The number of sulfonamides is 1. The molecule has 0 fully saturated rings. The summed E-state index contributed by atoms with van der Waals surface area (Å²) in [5.41, 5.74) is 2.03. The molecule has 0 saturated carbocycles. The third kappa shape index (κ3) is 4.18. The Morgan fingerprint density at radius 2 is 2.00 bits per heavy atom. The number of aryl methyl sites for hydroxylation is 2. The van der Waals surface area contributed by atoms with Crippen LogP contribution in [-0.2, 0) is 29.8 Å². The first-order valence-electron chi connectivity index (χ1n) is 9.05. The molecule has 3 aromatic heterocycles. The molecule has 13 heteroatoms. The van der Waals surface area contributed by atoms with Crippen LogP contribution in [0.4, 0.5) is 13.2 Å². The van der Waals surface area contributed by atoms with E-state index in [0.717, 1.165) is 16.5 Å². The number of alkyl halides is 3. The van der Waals surface area contributed by atoms with Crippen LogP contribution in [0.1, 0.15) is 11.5 Å². The van der Waals surface area contributed by atoms with Gasteiger partial charge in [-0.1, -0.05) is 5.16 Å². The first-order chi connectivity index (χ1) is 14.5. The van der Waals surface area contributed by atoms with E-state index in [4.69, 9.17) is 0 Å². The summed E-state index contributed by atoms with van der Waals surface area (Å²) in [7, 11) is -2.10. The lowest BCUT2D eigenvalue weighted by molar-refractivity contribution is -0.159. The quantitative estimate of drug-likeness (QED) is 0.480. The first kappa shape index (κ1) is 21.1. The molecule has 1 aromatic carbocycles. The van der Waals surface area contributed by atoms with Gasteiger partial charge in [0.15, 0.2) is 5.03 Å². The normalized spacial score (nSPS) is 12.7. The second-order valence-corrected chi connectivity index (χ2v) is 8.60. The second-order valence-electron chi connectivity index (χ2n) is 6.88. The molecule has 0 bridgehead atoms. The standard InChI is InChI=1S/C18H17F3N6O3S/c1-11-10-27(8-6-22-31(28,29)15-5-7-26(2)24-15)14-4-3-12(9-13(11)14)16-23-17(30-25-16)18(19,20)21/h3-5,7,9-10,22H,6,8H2,1-2H3. The Hall–Kier alpha value is -3.19. The number of hydrogen-bond donors (Lipinski definition) is 1. The number of hydrogen-bond acceptors (Lipinski definition) is 6. The number of halogens is 3. The molecule has 1 N–H and O–H groups in total. The fraction of sp³-hybridized carbons (Fsp3) is 0.278. The molecule has 0 unspecified atom stereocenters. The van der Waals surface area contributed by atoms with Crippen molar-refractivity contribution in [2.24, 2.45) is 7.05 Å². The summed E-state index contributed by atoms with van der Waals surface area (Å²) in [6, 6.07) is 6.38. The SMILES string of the molecule is Cc1cn(CCNS(=O)(=O)c2ccn(C)n2)c2ccc(-c3noc(C(F)(F)F)n3)cc12. The molecule has 0 aliphatic rings. The summed E-state index contributed by atoms with van der Waals surface area (Å²) < 4.78 is 72.7. The number of rotatable bonds is 6. The van der Waals surface area contributed by atoms with E-state index in [-0.39, 0.29) is 17.4 Å². The average molecular weight is 454 g/mol. The zero-order valence-electron chi connectivity index (χ0n) is 16.4. The van der Waals surface area contributed by atoms with Crippen molar-refractivity contribution < 1.29 is 26.1 Å². The van der Waals surface area contributed by atoms with Crippen LogP contribution in [0.5, 0.6) is 0 Å². The van der Waals surface area contributed by atoms with E-state index in [0.29, 0.717) is 12.1 Å². The van der Waals surface area contributed by atoms with Crippen molar-refractivity contribution in [2.75, 3.05) is 6.54 Å². The molecule has 9 nitrogen and oxygen atoms in total. The Bertz CT molecular complexity index is 1350. The Balaban J connectivity index is 1.53. The number of nitrogens with zero attached hydrogens (tertiary/aromatic N) is 5. The first-order valence-corrected chi connectivity index (χ1v) is 10.5. The van der Waals surface area contributed by atoms with Crippen LogP contribution >= 0.6 is 0 Å². The maximum absolute atomic E-state index is 12.7. The van der Waals surface area contributed by atoms with Gasteiger partial charge in [-0.05, 0) is 36.8 Å². The summed E-state index contributed by atoms with van der Waals surface area (Å²) in [6.45, 7) is 2.32. The third-order valence-electron chi connectivity index (χ3n) is 4.62. The lowest BCUT2D eigenvalue weighted by Crippen LogP contribution is -2.27. The topological polar surface area (TPSA) is 108 Å². The molecule has 0 radical (unpaired) electrons. The lowest BCUT2D eigenvalue weighted by atomic mass is 10.1. The predicted octanol–water partition coefficient (Wildman–Crippen LogP) is 2.73. The van der Waals surface area contributed by atoms with Crippen molar-refractivity contribution in [3.8, 4) is 11.4 Å². The minimum Gasteiger partial charge on any atom is -0.346 e. The molecular weight excluding hydrogens is 437 g/mol. The molecule has 31 heavy (non-hydrogen) atoms. The van der Waals surface area contributed by atoms with Crippen LogP contribution < -0.4 is 4.72 Å². The van der Waals surface area contributed by atoms with E-state index < -0.39 is 22.1 Å². The van der Waals surface area contributed by atoms with Crippen molar-refractivity contribution >= 4 is 20.9 Å². The molecule has 4 rings (SSSR count). The van der Waals surface area contributed by atoms with Gasteiger partial charge in [0.2, 0.25) is 5.82 Å². The van der Waals surface area contributed by atoms with Gasteiger partial charge in [-0.25, -0.2) is 13.1 Å². The highest BCUT2D eigenvalue weighted by atomic mass is 32.2. The molecule has 4 aromatic rings. The Labute approximate surface area is 174 Å². The summed E-state index contributed by atoms with van der Waals surface area (Å²) in [6.07, 6.45) is -1.34. The van der Waals surface area contributed by atoms with E-state index in [1.165, 1.54) is 16.9 Å². The second kappa shape index (κ2) is 7.50. The number of fused-ring (bicyclic) bond motifs is 1. The fourth-order valence-electron chi connectivity index (χ4n) is 3.17.